The molecule has 32 heavy (non-hydrogen) atoms. The summed E-state index contributed by atoms with van der Waals surface area (Å²) in [6, 6.07) is 9.61. The second-order valence-corrected chi connectivity index (χ2v) is 7.84. The van der Waals surface area contributed by atoms with Crippen LogP contribution in [0, 0.1) is 20.8 Å². The Labute approximate surface area is 188 Å². The number of anilines is 1. The Morgan fingerprint density at radius 1 is 1.00 bits per heavy atom. The van der Waals surface area contributed by atoms with Gasteiger partial charge in [0.1, 0.15) is 29.5 Å². The molecule has 1 aromatic carbocycles. The highest BCUT2D eigenvalue weighted by molar-refractivity contribution is 5.92. The lowest BCUT2D eigenvalue weighted by Gasteiger charge is -2.35. The largest absolute Gasteiger partial charge is 0.497 e. The molecule has 4 rings (SSSR count). The maximum atomic E-state index is 12.6. The van der Waals surface area contributed by atoms with Crippen LogP contribution in [-0.2, 0) is 4.79 Å². The average Bonchev–Trinajstić information content (AvgIpc) is 3.15. The summed E-state index contributed by atoms with van der Waals surface area (Å²) in [5.74, 6) is 3.21. The third-order valence-electron chi connectivity index (χ3n) is 5.76. The molecule has 2 aromatic heterocycles. The lowest BCUT2D eigenvalue weighted by Crippen LogP contribution is -2.48. The predicted octanol–water partition coefficient (Wildman–Crippen LogP) is 2.96. The summed E-state index contributed by atoms with van der Waals surface area (Å²) in [6.45, 7) is 8.65. The molecular weight excluding hydrogens is 404 g/mol. The first-order chi connectivity index (χ1) is 15.4. The van der Waals surface area contributed by atoms with Gasteiger partial charge in [0.05, 0.1) is 12.8 Å². The first-order valence-corrected chi connectivity index (χ1v) is 10.7. The number of ether oxygens (including phenoxy) is 1. The van der Waals surface area contributed by atoms with E-state index in [0.717, 1.165) is 47.4 Å². The van der Waals surface area contributed by atoms with E-state index in [4.69, 9.17) is 4.74 Å². The minimum atomic E-state index is 0.0181. The van der Waals surface area contributed by atoms with Gasteiger partial charge in [-0.3, -0.25) is 9.36 Å². The molecule has 1 amide bonds. The van der Waals surface area contributed by atoms with Crippen LogP contribution in [0.4, 0.5) is 5.82 Å². The summed E-state index contributed by atoms with van der Waals surface area (Å²) in [5.41, 5.74) is 3.01. The van der Waals surface area contributed by atoms with Crippen molar-refractivity contribution in [3.05, 3.63) is 65.5 Å². The van der Waals surface area contributed by atoms with Crippen molar-refractivity contribution in [2.45, 2.75) is 20.8 Å². The highest BCUT2D eigenvalue weighted by Gasteiger charge is 2.21. The Bertz CT molecular complexity index is 1130. The molecule has 0 atom stereocenters. The predicted molar refractivity (Wildman–Crippen MR) is 124 cm³/mol. The van der Waals surface area contributed by atoms with Gasteiger partial charge in [0, 0.05) is 44.0 Å². The number of carbonyl (C=O) groups is 1. The van der Waals surface area contributed by atoms with E-state index < -0.39 is 0 Å². The molecule has 8 nitrogen and oxygen atoms in total. The molecular formula is C24H28N6O2. The molecule has 1 aliphatic rings. The van der Waals surface area contributed by atoms with E-state index in [-0.39, 0.29) is 5.91 Å². The molecule has 0 N–H and O–H groups in total. The fourth-order valence-electron chi connectivity index (χ4n) is 3.70. The summed E-state index contributed by atoms with van der Waals surface area (Å²) >= 11 is 0. The lowest BCUT2D eigenvalue weighted by atomic mass is 10.2. The first-order valence-electron chi connectivity index (χ1n) is 10.7. The van der Waals surface area contributed by atoms with Gasteiger partial charge in [-0.1, -0.05) is 12.1 Å². The summed E-state index contributed by atoms with van der Waals surface area (Å²) in [5, 5.41) is 0. The Morgan fingerprint density at radius 2 is 1.69 bits per heavy atom. The quantitative estimate of drug-likeness (QED) is 0.577. The second kappa shape index (κ2) is 9.21. The Hall–Kier alpha value is -3.68. The molecule has 1 aliphatic heterocycles. The van der Waals surface area contributed by atoms with Crippen molar-refractivity contribution in [1.29, 1.82) is 0 Å². The molecule has 0 saturated carbocycles. The van der Waals surface area contributed by atoms with E-state index in [1.807, 2.05) is 66.6 Å². The van der Waals surface area contributed by atoms with Gasteiger partial charge in [-0.2, -0.15) is 0 Å². The normalized spacial score (nSPS) is 14.2. The number of hydrogen-bond donors (Lipinski definition) is 0. The third-order valence-corrected chi connectivity index (χ3v) is 5.76. The number of nitrogens with zero attached hydrogens (tertiary/aromatic N) is 6. The molecule has 0 radical (unpaired) electrons. The summed E-state index contributed by atoms with van der Waals surface area (Å²) in [6.07, 6.45) is 5.26. The van der Waals surface area contributed by atoms with Gasteiger partial charge in [-0.25, -0.2) is 15.0 Å². The molecule has 1 fully saturated rings. The van der Waals surface area contributed by atoms with Crippen LogP contribution in [0.3, 0.4) is 0 Å². The Kier molecular flexibility index (Phi) is 6.20. The van der Waals surface area contributed by atoms with E-state index in [1.165, 1.54) is 0 Å². The zero-order valence-electron chi connectivity index (χ0n) is 18.9. The third kappa shape index (κ3) is 4.64. The number of aryl methyl sites for hydroxylation is 2. The maximum absolute atomic E-state index is 12.6. The summed E-state index contributed by atoms with van der Waals surface area (Å²) < 4.78 is 7.15. The van der Waals surface area contributed by atoms with Crippen molar-refractivity contribution in [1.82, 2.24) is 24.4 Å². The number of amides is 1. The summed E-state index contributed by atoms with van der Waals surface area (Å²) in [7, 11) is 1.64. The smallest absolute Gasteiger partial charge is 0.246 e. The van der Waals surface area contributed by atoms with Crippen molar-refractivity contribution < 1.29 is 9.53 Å². The van der Waals surface area contributed by atoms with Crippen LogP contribution < -0.4 is 9.64 Å². The molecule has 0 bridgehead atoms. The maximum Gasteiger partial charge on any atom is 0.246 e. The van der Waals surface area contributed by atoms with Crippen molar-refractivity contribution in [3.8, 4) is 11.6 Å². The van der Waals surface area contributed by atoms with Gasteiger partial charge in [0.2, 0.25) is 5.91 Å². The SMILES string of the molecule is COc1ccc(/C=C/C(=O)N2CCN(c3cc(-n4cnc(C)c4C)nc(C)n3)CC2)cc1. The fourth-order valence-corrected chi connectivity index (χ4v) is 3.70. The number of rotatable bonds is 5. The van der Waals surface area contributed by atoms with Crippen LogP contribution in [0.5, 0.6) is 5.75 Å². The van der Waals surface area contributed by atoms with Crippen molar-refractivity contribution in [3.63, 3.8) is 0 Å². The number of hydrogen-bond acceptors (Lipinski definition) is 6. The van der Waals surface area contributed by atoms with Crippen LogP contribution in [0.15, 0.2) is 42.7 Å². The van der Waals surface area contributed by atoms with Gasteiger partial charge in [-0.05, 0) is 44.5 Å². The highest BCUT2D eigenvalue weighted by Crippen LogP contribution is 2.20. The Balaban J connectivity index is 1.40. The highest BCUT2D eigenvalue weighted by atomic mass is 16.5. The van der Waals surface area contributed by atoms with Crippen LogP contribution in [0.25, 0.3) is 11.9 Å². The lowest BCUT2D eigenvalue weighted by molar-refractivity contribution is -0.126. The monoisotopic (exact) mass is 432 g/mol. The molecule has 166 valence electrons. The minimum Gasteiger partial charge on any atom is -0.497 e. The average molecular weight is 433 g/mol. The zero-order valence-corrected chi connectivity index (χ0v) is 18.9. The first kappa shape index (κ1) is 21.5. The number of carbonyl (C=O) groups excluding carboxylic acids is 1. The second-order valence-electron chi connectivity index (χ2n) is 7.84. The molecule has 1 saturated heterocycles. The van der Waals surface area contributed by atoms with Crippen LogP contribution in [0.1, 0.15) is 22.8 Å². The topological polar surface area (TPSA) is 76.4 Å². The van der Waals surface area contributed by atoms with Gasteiger partial charge < -0.3 is 14.5 Å². The van der Waals surface area contributed by atoms with E-state index in [2.05, 4.69) is 19.9 Å². The minimum absolute atomic E-state index is 0.0181. The number of benzene rings is 1. The molecule has 0 spiro atoms. The van der Waals surface area contributed by atoms with E-state index in [1.54, 1.807) is 19.5 Å². The molecule has 8 heteroatoms. The Morgan fingerprint density at radius 3 is 2.31 bits per heavy atom. The fraction of sp³-hybridized carbons (Fsp3) is 0.333. The van der Waals surface area contributed by atoms with Gasteiger partial charge in [0.15, 0.2) is 0 Å². The number of methoxy groups -OCH3 is 1. The van der Waals surface area contributed by atoms with Crippen molar-refractivity contribution in [2.75, 3.05) is 38.2 Å². The molecule has 0 aliphatic carbocycles. The number of piperazine rings is 1. The van der Waals surface area contributed by atoms with Gasteiger partial charge in [-0.15, -0.1) is 0 Å². The molecule has 3 aromatic rings. The number of imidazole rings is 1. The zero-order chi connectivity index (χ0) is 22.7. The van der Waals surface area contributed by atoms with Crippen molar-refractivity contribution >= 4 is 17.8 Å². The molecule has 0 unspecified atom stereocenters. The number of aromatic nitrogens is 4. The molecule has 3 heterocycles. The van der Waals surface area contributed by atoms with Crippen LogP contribution in [0.2, 0.25) is 0 Å². The van der Waals surface area contributed by atoms with Gasteiger partial charge >= 0.3 is 0 Å². The van der Waals surface area contributed by atoms with E-state index in [0.29, 0.717) is 18.9 Å². The van der Waals surface area contributed by atoms with Crippen LogP contribution >= 0.6 is 0 Å². The van der Waals surface area contributed by atoms with Gasteiger partial charge in [0.25, 0.3) is 0 Å². The summed E-state index contributed by atoms with van der Waals surface area (Å²) in [4.78, 5) is 30.3. The van der Waals surface area contributed by atoms with Crippen molar-refractivity contribution in [2.24, 2.45) is 0 Å². The van der Waals surface area contributed by atoms with E-state index >= 15 is 0 Å². The van der Waals surface area contributed by atoms with Crippen LogP contribution in [-0.4, -0.2) is 63.6 Å². The van der Waals surface area contributed by atoms with E-state index in [9.17, 15) is 4.79 Å². The standard InChI is InChI=1S/C24H28N6O2/c1-17-18(2)30(16-25-17)23-15-22(26-19(3)27-23)28-11-13-29(14-12-28)24(31)10-7-20-5-8-21(32-4)9-6-20/h5-10,15-16H,11-14H2,1-4H3/b10-7+.